The summed E-state index contributed by atoms with van der Waals surface area (Å²) in [5.41, 5.74) is 4.46. The van der Waals surface area contributed by atoms with E-state index in [1.807, 2.05) is 30.3 Å². The van der Waals surface area contributed by atoms with Crippen molar-refractivity contribution >= 4 is 11.9 Å². The minimum atomic E-state index is -0.443. The second-order valence-corrected chi connectivity index (χ2v) is 6.23. The number of esters is 2. The van der Waals surface area contributed by atoms with Gasteiger partial charge >= 0.3 is 11.9 Å². The minimum Gasteiger partial charge on any atom is -0.466 e. The average molecular weight is 326 g/mol. The second-order valence-electron chi connectivity index (χ2n) is 6.23. The molecule has 2 aliphatic carbocycles. The summed E-state index contributed by atoms with van der Waals surface area (Å²) in [4.78, 5) is 24.9. The fourth-order valence-electron chi connectivity index (χ4n) is 3.87. The Bertz CT molecular complexity index is 712. The van der Waals surface area contributed by atoms with Crippen LogP contribution in [0.4, 0.5) is 0 Å². The highest BCUT2D eigenvalue weighted by atomic mass is 16.5. The number of carbonyl (C=O) groups excluding carboxylic acids is 2. The van der Waals surface area contributed by atoms with Gasteiger partial charge in [0.2, 0.25) is 0 Å². The van der Waals surface area contributed by atoms with Crippen LogP contribution in [0.5, 0.6) is 0 Å². The van der Waals surface area contributed by atoms with Crippen LogP contribution in [-0.2, 0) is 19.1 Å². The monoisotopic (exact) mass is 326 g/mol. The zero-order valence-electron chi connectivity index (χ0n) is 14.1. The molecule has 0 saturated heterocycles. The highest BCUT2D eigenvalue weighted by Gasteiger charge is 2.38. The summed E-state index contributed by atoms with van der Waals surface area (Å²) in [5, 5.41) is 0. The molecule has 3 rings (SSSR count). The lowest BCUT2D eigenvalue weighted by molar-refractivity contribution is -0.139. The van der Waals surface area contributed by atoms with Crippen LogP contribution in [-0.4, -0.2) is 26.2 Å². The molecule has 2 aliphatic rings. The van der Waals surface area contributed by atoms with Crippen LogP contribution in [0.25, 0.3) is 0 Å². The molecule has 1 aromatic rings. The number of methoxy groups -OCH3 is 2. The molecule has 1 unspecified atom stereocenters. The Morgan fingerprint density at radius 1 is 0.958 bits per heavy atom. The molecule has 0 amide bonds. The first kappa shape index (κ1) is 16.5. The van der Waals surface area contributed by atoms with E-state index in [1.54, 1.807) is 0 Å². The largest absolute Gasteiger partial charge is 0.466 e. The van der Waals surface area contributed by atoms with Gasteiger partial charge in [0.05, 0.1) is 25.4 Å². The van der Waals surface area contributed by atoms with Gasteiger partial charge < -0.3 is 9.47 Å². The molecule has 0 aliphatic heterocycles. The molecule has 0 saturated carbocycles. The van der Waals surface area contributed by atoms with Crippen molar-refractivity contribution in [2.75, 3.05) is 14.2 Å². The van der Waals surface area contributed by atoms with Gasteiger partial charge in [-0.3, -0.25) is 0 Å². The molecule has 1 atom stereocenters. The van der Waals surface area contributed by atoms with Crippen LogP contribution in [0.1, 0.15) is 43.6 Å². The number of rotatable bonds is 3. The molecule has 0 fully saturated rings. The summed E-state index contributed by atoms with van der Waals surface area (Å²) in [6.07, 6.45) is 4.68. The standard InChI is InChI=1S/C20H22O4/c1-23-19(21)16-12-14-10-6-7-11-15(14)17(18(16)20(22)24-2)13-8-4-3-5-9-13/h3-5,8-9,17H,6-7,10-12H2,1-2H3. The number of hydrogen-bond donors (Lipinski definition) is 0. The Morgan fingerprint density at radius 2 is 1.62 bits per heavy atom. The molecule has 0 radical (unpaired) electrons. The number of carbonyl (C=O) groups is 2. The minimum absolute atomic E-state index is 0.211. The van der Waals surface area contributed by atoms with Crippen molar-refractivity contribution in [3.8, 4) is 0 Å². The van der Waals surface area contributed by atoms with E-state index in [4.69, 9.17) is 9.47 Å². The third kappa shape index (κ3) is 2.88. The predicted molar refractivity (Wildman–Crippen MR) is 90.4 cm³/mol. The van der Waals surface area contributed by atoms with Gasteiger partial charge in [-0.15, -0.1) is 0 Å². The van der Waals surface area contributed by atoms with E-state index >= 15 is 0 Å². The fourth-order valence-corrected chi connectivity index (χ4v) is 3.87. The molecular formula is C20H22O4. The van der Waals surface area contributed by atoms with Gasteiger partial charge in [0, 0.05) is 12.3 Å². The first-order chi connectivity index (χ1) is 11.7. The van der Waals surface area contributed by atoms with Gasteiger partial charge in [0.1, 0.15) is 0 Å². The normalized spacial score (nSPS) is 20.5. The van der Waals surface area contributed by atoms with Crippen LogP contribution in [0.3, 0.4) is 0 Å². The zero-order chi connectivity index (χ0) is 17.1. The van der Waals surface area contributed by atoms with E-state index in [2.05, 4.69) is 0 Å². The maximum atomic E-state index is 12.5. The molecule has 4 nitrogen and oxygen atoms in total. The highest BCUT2D eigenvalue weighted by Crippen LogP contribution is 2.47. The van der Waals surface area contributed by atoms with E-state index < -0.39 is 11.9 Å². The van der Waals surface area contributed by atoms with E-state index in [-0.39, 0.29) is 5.92 Å². The lowest BCUT2D eigenvalue weighted by atomic mass is 9.70. The Morgan fingerprint density at radius 3 is 2.29 bits per heavy atom. The molecule has 0 bridgehead atoms. The average Bonchev–Trinajstić information content (AvgIpc) is 2.65. The third-order valence-corrected chi connectivity index (χ3v) is 4.95. The first-order valence-corrected chi connectivity index (χ1v) is 8.32. The van der Waals surface area contributed by atoms with Crippen LogP contribution >= 0.6 is 0 Å². The molecule has 1 aromatic carbocycles. The van der Waals surface area contributed by atoms with Gasteiger partial charge in [-0.05, 0) is 31.2 Å². The summed E-state index contributed by atoms with van der Waals surface area (Å²) in [6.45, 7) is 0. The molecule has 0 N–H and O–H groups in total. The number of benzene rings is 1. The van der Waals surface area contributed by atoms with Crippen LogP contribution in [0.2, 0.25) is 0 Å². The zero-order valence-corrected chi connectivity index (χ0v) is 14.1. The topological polar surface area (TPSA) is 52.6 Å². The van der Waals surface area contributed by atoms with Gasteiger partial charge in [0.15, 0.2) is 0 Å². The number of ether oxygens (including phenoxy) is 2. The Hall–Kier alpha value is -2.36. The molecule has 24 heavy (non-hydrogen) atoms. The van der Waals surface area contributed by atoms with Gasteiger partial charge in [-0.2, -0.15) is 0 Å². The fraction of sp³-hybridized carbons (Fsp3) is 0.400. The summed E-state index contributed by atoms with van der Waals surface area (Å²) >= 11 is 0. The second kappa shape index (κ2) is 7.04. The van der Waals surface area contributed by atoms with E-state index in [1.165, 1.54) is 25.4 Å². The maximum Gasteiger partial charge on any atom is 0.335 e. The molecular weight excluding hydrogens is 304 g/mol. The molecule has 0 aromatic heterocycles. The van der Waals surface area contributed by atoms with Crippen molar-refractivity contribution in [3.05, 3.63) is 58.2 Å². The Balaban J connectivity index is 2.20. The third-order valence-electron chi connectivity index (χ3n) is 4.95. The van der Waals surface area contributed by atoms with Crippen molar-refractivity contribution in [2.45, 2.75) is 38.0 Å². The van der Waals surface area contributed by atoms with Crippen molar-refractivity contribution < 1.29 is 19.1 Å². The molecule has 4 heteroatoms. The Kier molecular flexibility index (Phi) is 4.84. The summed E-state index contributed by atoms with van der Waals surface area (Å²) in [5.74, 6) is -1.09. The van der Waals surface area contributed by atoms with E-state index in [0.29, 0.717) is 17.6 Å². The van der Waals surface area contributed by atoms with Crippen molar-refractivity contribution in [3.63, 3.8) is 0 Å². The van der Waals surface area contributed by atoms with Crippen LogP contribution < -0.4 is 0 Å². The van der Waals surface area contributed by atoms with Crippen molar-refractivity contribution in [2.24, 2.45) is 0 Å². The van der Waals surface area contributed by atoms with E-state index in [0.717, 1.165) is 31.2 Å². The summed E-state index contributed by atoms with van der Waals surface area (Å²) in [6, 6.07) is 9.88. The van der Waals surface area contributed by atoms with Gasteiger partial charge in [-0.1, -0.05) is 41.5 Å². The molecule has 0 spiro atoms. The predicted octanol–water partition coefficient (Wildman–Crippen LogP) is 3.69. The first-order valence-electron chi connectivity index (χ1n) is 8.32. The van der Waals surface area contributed by atoms with E-state index in [9.17, 15) is 9.59 Å². The number of allylic oxidation sites excluding steroid dienone is 2. The van der Waals surface area contributed by atoms with Crippen LogP contribution in [0, 0.1) is 0 Å². The number of hydrogen-bond acceptors (Lipinski definition) is 4. The van der Waals surface area contributed by atoms with Crippen molar-refractivity contribution in [1.29, 1.82) is 0 Å². The Labute approximate surface area is 142 Å². The summed E-state index contributed by atoms with van der Waals surface area (Å²) in [7, 11) is 2.71. The SMILES string of the molecule is COC(=O)C1=C(C(=O)OC)C(c2ccccc2)C2=C(CCCC2)C1. The summed E-state index contributed by atoms with van der Waals surface area (Å²) < 4.78 is 9.97. The molecule has 0 heterocycles. The molecule has 126 valence electrons. The van der Waals surface area contributed by atoms with Gasteiger partial charge in [0.25, 0.3) is 0 Å². The lowest BCUT2D eigenvalue weighted by Crippen LogP contribution is -2.27. The maximum absolute atomic E-state index is 12.5. The van der Waals surface area contributed by atoms with Crippen LogP contribution in [0.15, 0.2) is 52.6 Å². The smallest absolute Gasteiger partial charge is 0.335 e. The van der Waals surface area contributed by atoms with Gasteiger partial charge in [-0.25, -0.2) is 9.59 Å². The van der Waals surface area contributed by atoms with Crippen molar-refractivity contribution in [1.82, 2.24) is 0 Å². The lowest BCUT2D eigenvalue weighted by Gasteiger charge is -2.34. The highest BCUT2D eigenvalue weighted by molar-refractivity contribution is 6.03. The quantitative estimate of drug-likeness (QED) is 0.628.